The number of likely N-dealkylation sites (tertiary alicyclic amines) is 1. The van der Waals surface area contributed by atoms with Crippen LogP contribution in [0.4, 0.5) is 5.13 Å². The molecule has 0 saturated carbocycles. The zero-order valence-corrected chi connectivity index (χ0v) is 11.8. The van der Waals surface area contributed by atoms with Gasteiger partial charge in [-0.2, -0.15) is 0 Å². The van der Waals surface area contributed by atoms with Gasteiger partial charge in [-0.25, -0.2) is 0 Å². The maximum absolute atomic E-state index is 4.25. The zero-order chi connectivity index (χ0) is 12.3. The van der Waals surface area contributed by atoms with E-state index in [9.17, 15) is 0 Å². The first-order valence-electron chi connectivity index (χ1n) is 6.47. The first kappa shape index (κ1) is 12.8. The highest BCUT2D eigenvalue weighted by Crippen LogP contribution is 2.25. The Balaban J connectivity index is 1.85. The van der Waals surface area contributed by atoms with Gasteiger partial charge >= 0.3 is 0 Å². The van der Waals surface area contributed by atoms with E-state index in [4.69, 9.17) is 0 Å². The Hall–Kier alpha value is -0.680. The van der Waals surface area contributed by atoms with Crippen LogP contribution >= 0.6 is 11.3 Å². The van der Waals surface area contributed by atoms with E-state index in [0.717, 1.165) is 41.5 Å². The highest BCUT2D eigenvalue weighted by molar-refractivity contribution is 7.15. The zero-order valence-electron chi connectivity index (χ0n) is 10.9. The molecule has 96 valence electrons. The summed E-state index contributed by atoms with van der Waals surface area (Å²) in [6.45, 7) is 11.1. The molecule has 0 aliphatic carbocycles. The molecular formula is C12H22N4S. The standard InChI is InChI=1S/C12H22N4S/c1-4-5-13-12-15-14-11(17-12)8-16-6-9(2)10(3)7-16/h9-10H,4-8H2,1-3H3,(H,13,15). The van der Waals surface area contributed by atoms with E-state index in [0.29, 0.717) is 0 Å². The Morgan fingerprint density at radius 1 is 1.29 bits per heavy atom. The summed E-state index contributed by atoms with van der Waals surface area (Å²) in [5, 5.41) is 13.8. The molecule has 0 radical (unpaired) electrons. The van der Waals surface area contributed by atoms with Gasteiger partial charge < -0.3 is 5.32 Å². The van der Waals surface area contributed by atoms with E-state index in [2.05, 4.69) is 41.2 Å². The van der Waals surface area contributed by atoms with Crippen molar-refractivity contribution in [1.29, 1.82) is 0 Å². The lowest BCUT2D eigenvalue weighted by Gasteiger charge is -2.12. The van der Waals surface area contributed by atoms with E-state index in [1.54, 1.807) is 11.3 Å². The van der Waals surface area contributed by atoms with Crippen molar-refractivity contribution in [2.75, 3.05) is 25.0 Å². The first-order valence-corrected chi connectivity index (χ1v) is 7.29. The highest BCUT2D eigenvalue weighted by Gasteiger charge is 2.26. The van der Waals surface area contributed by atoms with Crippen molar-refractivity contribution in [3.63, 3.8) is 0 Å². The Bertz CT molecular complexity index is 342. The minimum Gasteiger partial charge on any atom is -0.360 e. The summed E-state index contributed by atoms with van der Waals surface area (Å²) in [5.41, 5.74) is 0. The maximum atomic E-state index is 4.25. The van der Waals surface area contributed by atoms with Gasteiger partial charge in [-0.05, 0) is 18.3 Å². The number of hydrogen-bond acceptors (Lipinski definition) is 5. The van der Waals surface area contributed by atoms with Crippen LogP contribution in [0.15, 0.2) is 0 Å². The van der Waals surface area contributed by atoms with E-state index in [-0.39, 0.29) is 0 Å². The maximum Gasteiger partial charge on any atom is 0.205 e. The van der Waals surface area contributed by atoms with Crippen LogP contribution in [0.5, 0.6) is 0 Å². The number of rotatable bonds is 5. The molecule has 1 aromatic heterocycles. The molecular weight excluding hydrogens is 232 g/mol. The molecule has 1 aromatic rings. The van der Waals surface area contributed by atoms with Gasteiger partial charge in [-0.3, -0.25) is 4.90 Å². The summed E-state index contributed by atoms with van der Waals surface area (Å²) in [6.07, 6.45) is 1.12. The molecule has 2 atom stereocenters. The normalized spacial score (nSPS) is 25.4. The lowest BCUT2D eigenvalue weighted by Crippen LogP contribution is -2.19. The van der Waals surface area contributed by atoms with Crippen LogP contribution < -0.4 is 5.32 Å². The molecule has 2 heterocycles. The van der Waals surface area contributed by atoms with Crippen LogP contribution in [-0.2, 0) is 6.54 Å². The summed E-state index contributed by atoms with van der Waals surface area (Å²) in [4.78, 5) is 2.49. The summed E-state index contributed by atoms with van der Waals surface area (Å²) < 4.78 is 0. The van der Waals surface area contributed by atoms with Crippen LogP contribution in [-0.4, -0.2) is 34.7 Å². The highest BCUT2D eigenvalue weighted by atomic mass is 32.1. The predicted molar refractivity (Wildman–Crippen MR) is 72.3 cm³/mol. The van der Waals surface area contributed by atoms with Crippen LogP contribution in [0, 0.1) is 11.8 Å². The monoisotopic (exact) mass is 254 g/mol. The lowest BCUT2D eigenvalue weighted by atomic mass is 10.0. The molecule has 0 bridgehead atoms. The molecule has 0 spiro atoms. The van der Waals surface area contributed by atoms with Gasteiger partial charge in [0.15, 0.2) is 0 Å². The molecule has 4 nitrogen and oxygen atoms in total. The van der Waals surface area contributed by atoms with Crippen LogP contribution in [0.2, 0.25) is 0 Å². The van der Waals surface area contributed by atoms with Gasteiger partial charge in [0, 0.05) is 19.6 Å². The third-order valence-corrected chi connectivity index (χ3v) is 4.28. The number of nitrogens with zero attached hydrogens (tertiary/aromatic N) is 3. The molecule has 17 heavy (non-hydrogen) atoms. The third-order valence-electron chi connectivity index (χ3n) is 3.42. The predicted octanol–water partition coefficient (Wildman–Crippen LogP) is 2.45. The fourth-order valence-corrected chi connectivity index (χ4v) is 3.00. The molecule has 1 aliphatic heterocycles. The molecule has 0 aromatic carbocycles. The molecule has 2 unspecified atom stereocenters. The second kappa shape index (κ2) is 5.78. The van der Waals surface area contributed by atoms with Crippen molar-refractivity contribution in [1.82, 2.24) is 15.1 Å². The topological polar surface area (TPSA) is 41.1 Å². The lowest BCUT2D eigenvalue weighted by molar-refractivity contribution is 0.315. The van der Waals surface area contributed by atoms with Gasteiger partial charge in [0.25, 0.3) is 0 Å². The van der Waals surface area contributed by atoms with Gasteiger partial charge in [-0.1, -0.05) is 32.1 Å². The number of nitrogens with one attached hydrogen (secondary N) is 1. The Labute approximate surface area is 107 Å². The van der Waals surface area contributed by atoms with E-state index < -0.39 is 0 Å². The average molecular weight is 254 g/mol. The molecule has 1 N–H and O–H groups in total. The second-order valence-corrected chi connectivity index (χ2v) is 6.14. The van der Waals surface area contributed by atoms with Crippen molar-refractivity contribution in [2.45, 2.75) is 33.7 Å². The molecule has 1 fully saturated rings. The van der Waals surface area contributed by atoms with Gasteiger partial charge in [-0.15, -0.1) is 10.2 Å². The Kier molecular flexibility index (Phi) is 4.34. The average Bonchev–Trinajstić information content (AvgIpc) is 2.85. The fraction of sp³-hybridized carbons (Fsp3) is 0.833. The summed E-state index contributed by atoms with van der Waals surface area (Å²) in [5.74, 6) is 1.61. The van der Waals surface area contributed by atoms with Crippen molar-refractivity contribution in [3.05, 3.63) is 5.01 Å². The largest absolute Gasteiger partial charge is 0.360 e. The number of aromatic nitrogens is 2. The third kappa shape index (κ3) is 3.39. The van der Waals surface area contributed by atoms with Gasteiger partial charge in [0.05, 0.1) is 6.54 Å². The second-order valence-electron chi connectivity index (χ2n) is 5.08. The van der Waals surface area contributed by atoms with Gasteiger partial charge in [0.1, 0.15) is 5.01 Å². The van der Waals surface area contributed by atoms with E-state index in [1.807, 2.05) is 0 Å². The molecule has 5 heteroatoms. The van der Waals surface area contributed by atoms with Crippen molar-refractivity contribution in [3.8, 4) is 0 Å². The van der Waals surface area contributed by atoms with Crippen LogP contribution in [0.25, 0.3) is 0 Å². The minimum atomic E-state index is 0.806. The summed E-state index contributed by atoms with van der Waals surface area (Å²) >= 11 is 1.69. The van der Waals surface area contributed by atoms with Crippen molar-refractivity contribution in [2.24, 2.45) is 11.8 Å². The van der Waals surface area contributed by atoms with Crippen molar-refractivity contribution < 1.29 is 0 Å². The number of hydrogen-bond donors (Lipinski definition) is 1. The van der Waals surface area contributed by atoms with Crippen LogP contribution in [0.3, 0.4) is 0 Å². The smallest absolute Gasteiger partial charge is 0.205 e. The Morgan fingerprint density at radius 2 is 2.00 bits per heavy atom. The molecule has 1 aliphatic rings. The molecule has 1 saturated heterocycles. The fourth-order valence-electron chi connectivity index (χ4n) is 2.19. The summed E-state index contributed by atoms with van der Waals surface area (Å²) in [6, 6.07) is 0. The minimum absolute atomic E-state index is 0.806. The van der Waals surface area contributed by atoms with Crippen LogP contribution in [0.1, 0.15) is 32.2 Å². The van der Waals surface area contributed by atoms with Gasteiger partial charge in [0.2, 0.25) is 5.13 Å². The van der Waals surface area contributed by atoms with E-state index >= 15 is 0 Å². The Morgan fingerprint density at radius 3 is 2.65 bits per heavy atom. The SMILES string of the molecule is CCCNc1nnc(CN2CC(C)C(C)C2)s1. The number of anilines is 1. The molecule has 2 rings (SSSR count). The quantitative estimate of drug-likeness (QED) is 0.876. The van der Waals surface area contributed by atoms with E-state index in [1.165, 1.54) is 13.1 Å². The first-order chi connectivity index (χ1) is 8.19. The molecule has 0 amide bonds. The van der Waals surface area contributed by atoms with Crippen molar-refractivity contribution >= 4 is 16.5 Å². The summed E-state index contributed by atoms with van der Waals surface area (Å²) in [7, 11) is 0.